The van der Waals surface area contributed by atoms with Crippen LogP contribution in [-0.2, 0) is 0 Å². The van der Waals surface area contributed by atoms with Gasteiger partial charge in [-0.15, -0.1) is 17.9 Å². The average Bonchev–Trinajstić information content (AvgIpc) is 2.65. The second-order valence-corrected chi connectivity index (χ2v) is 5.89. The summed E-state index contributed by atoms with van der Waals surface area (Å²) in [6, 6.07) is 0. The lowest BCUT2D eigenvalue weighted by Gasteiger charge is -2.06. The summed E-state index contributed by atoms with van der Waals surface area (Å²) in [7, 11) is 0. The molecule has 0 unspecified atom stereocenters. The SMILES string of the molecule is C=CCNCC(=C)c1nc(Cl)c2c(C)c(C)sc2n1. The van der Waals surface area contributed by atoms with E-state index in [1.807, 2.05) is 6.92 Å². The second-order valence-electron chi connectivity index (χ2n) is 4.32. The van der Waals surface area contributed by atoms with Crippen LogP contribution >= 0.6 is 22.9 Å². The third kappa shape index (κ3) is 2.86. The lowest BCUT2D eigenvalue weighted by Crippen LogP contribution is -2.16. The van der Waals surface area contributed by atoms with Gasteiger partial charge in [0.25, 0.3) is 0 Å². The number of aromatic nitrogens is 2. The summed E-state index contributed by atoms with van der Waals surface area (Å²) in [4.78, 5) is 11.1. The average molecular weight is 294 g/mol. The number of thiophene rings is 1. The minimum Gasteiger partial charge on any atom is -0.309 e. The zero-order valence-corrected chi connectivity index (χ0v) is 12.7. The Balaban J connectivity index is 2.35. The number of nitrogens with zero attached hydrogens (tertiary/aromatic N) is 2. The van der Waals surface area contributed by atoms with Gasteiger partial charge < -0.3 is 5.32 Å². The molecular formula is C14H16ClN3S. The monoisotopic (exact) mass is 293 g/mol. The lowest BCUT2D eigenvalue weighted by molar-refractivity contribution is 0.848. The normalized spacial score (nSPS) is 10.9. The van der Waals surface area contributed by atoms with Crippen molar-refractivity contribution in [2.24, 2.45) is 0 Å². The van der Waals surface area contributed by atoms with Gasteiger partial charge in [0, 0.05) is 23.5 Å². The Bertz CT molecular complexity index is 646. The van der Waals surface area contributed by atoms with E-state index in [0.717, 1.165) is 27.9 Å². The van der Waals surface area contributed by atoms with Gasteiger partial charge in [0.05, 0.1) is 5.39 Å². The van der Waals surface area contributed by atoms with Crippen molar-refractivity contribution in [1.82, 2.24) is 15.3 Å². The van der Waals surface area contributed by atoms with Gasteiger partial charge in [-0.1, -0.05) is 24.3 Å². The number of hydrogen-bond donors (Lipinski definition) is 1. The Hall–Kier alpha value is -1.23. The van der Waals surface area contributed by atoms with Crippen LogP contribution in [0, 0.1) is 13.8 Å². The molecule has 0 radical (unpaired) electrons. The van der Waals surface area contributed by atoms with E-state index < -0.39 is 0 Å². The summed E-state index contributed by atoms with van der Waals surface area (Å²) in [5.41, 5.74) is 1.99. The Labute approximate surface area is 122 Å². The Morgan fingerprint density at radius 1 is 1.42 bits per heavy atom. The van der Waals surface area contributed by atoms with Gasteiger partial charge in [-0.2, -0.15) is 0 Å². The molecule has 0 saturated carbocycles. The molecule has 0 aliphatic heterocycles. The quantitative estimate of drug-likeness (QED) is 0.518. The first-order valence-electron chi connectivity index (χ1n) is 5.97. The van der Waals surface area contributed by atoms with E-state index in [4.69, 9.17) is 11.6 Å². The molecule has 0 spiro atoms. The molecule has 100 valence electrons. The van der Waals surface area contributed by atoms with E-state index in [1.54, 1.807) is 17.4 Å². The molecular weight excluding hydrogens is 278 g/mol. The van der Waals surface area contributed by atoms with E-state index in [1.165, 1.54) is 4.88 Å². The van der Waals surface area contributed by atoms with Crippen molar-refractivity contribution in [1.29, 1.82) is 0 Å². The summed E-state index contributed by atoms with van der Waals surface area (Å²) < 4.78 is 0. The van der Waals surface area contributed by atoms with Crippen LogP contribution in [0.5, 0.6) is 0 Å². The summed E-state index contributed by atoms with van der Waals surface area (Å²) in [5, 5.41) is 4.64. The third-order valence-corrected chi connectivity index (χ3v) is 4.30. The van der Waals surface area contributed by atoms with Crippen LogP contribution in [0.2, 0.25) is 5.15 Å². The molecule has 2 rings (SSSR count). The number of fused-ring (bicyclic) bond motifs is 1. The van der Waals surface area contributed by atoms with Gasteiger partial charge in [0.2, 0.25) is 0 Å². The van der Waals surface area contributed by atoms with Gasteiger partial charge in [-0.05, 0) is 19.4 Å². The third-order valence-electron chi connectivity index (χ3n) is 2.93. The minimum atomic E-state index is 0.506. The molecule has 0 fully saturated rings. The Kier molecular flexibility index (Phi) is 4.34. The van der Waals surface area contributed by atoms with Crippen LogP contribution in [0.4, 0.5) is 0 Å². The van der Waals surface area contributed by atoms with E-state index in [2.05, 4.69) is 35.4 Å². The molecule has 0 amide bonds. The first-order valence-corrected chi connectivity index (χ1v) is 7.17. The topological polar surface area (TPSA) is 37.8 Å². The number of hydrogen-bond acceptors (Lipinski definition) is 4. The van der Waals surface area contributed by atoms with Crippen LogP contribution < -0.4 is 5.32 Å². The zero-order valence-electron chi connectivity index (χ0n) is 11.1. The lowest BCUT2D eigenvalue weighted by atomic mass is 10.2. The Morgan fingerprint density at radius 2 is 2.16 bits per heavy atom. The highest BCUT2D eigenvalue weighted by Gasteiger charge is 2.14. The standard InChI is InChI=1S/C14H16ClN3S/c1-5-6-16-7-8(2)13-17-12(15)11-9(3)10(4)19-14(11)18-13/h5,16H,1-2,6-7H2,3-4H3. The highest BCUT2D eigenvalue weighted by molar-refractivity contribution is 7.18. The van der Waals surface area contributed by atoms with E-state index in [0.29, 0.717) is 17.5 Å². The molecule has 0 atom stereocenters. The van der Waals surface area contributed by atoms with Gasteiger partial charge in [0.1, 0.15) is 9.98 Å². The maximum atomic E-state index is 6.26. The summed E-state index contributed by atoms with van der Waals surface area (Å²) in [6.07, 6.45) is 1.80. The highest BCUT2D eigenvalue weighted by Crippen LogP contribution is 2.33. The Morgan fingerprint density at radius 3 is 2.84 bits per heavy atom. The predicted octanol–water partition coefficient (Wildman–Crippen LogP) is 3.75. The molecule has 2 aromatic rings. The molecule has 0 aromatic carbocycles. The first-order chi connectivity index (χ1) is 9.04. The number of halogens is 1. The maximum absolute atomic E-state index is 6.26. The van der Waals surface area contributed by atoms with Crippen molar-refractivity contribution in [2.45, 2.75) is 13.8 Å². The van der Waals surface area contributed by atoms with Gasteiger partial charge in [0.15, 0.2) is 5.82 Å². The molecule has 1 N–H and O–H groups in total. The van der Waals surface area contributed by atoms with Gasteiger partial charge in [-0.25, -0.2) is 9.97 Å². The molecule has 0 aliphatic carbocycles. The van der Waals surface area contributed by atoms with Gasteiger partial charge >= 0.3 is 0 Å². The first kappa shape index (κ1) is 14.2. The fraction of sp³-hybridized carbons (Fsp3) is 0.286. The van der Waals surface area contributed by atoms with Crippen LogP contribution in [-0.4, -0.2) is 23.1 Å². The summed E-state index contributed by atoms with van der Waals surface area (Å²) >= 11 is 7.90. The van der Waals surface area contributed by atoms with Crippen molar-refractivity contribution >= 4 is 38.7 Å². The maximum Gasteiger partial charge on any atom is 0.159 e. The summed E-state index contributed by atoms with van der Waals surface area (Å²) in [6.45, 7) is 13.1. The minimum absolute atomic E-state index is 0.506. The smallest absolute Gasteiger partial charge is 0.159 e. The molecule has 3 nitrogen and oxygen atoms in total. The molecule has 0 saturated heterocycles. The fourth-order valence-electron chi connectivity index (χ4n) is 1.76. The number of aryl methyl sites for hydroxylation is 2. The fourth-order valence-corrected chi connectivity index (χ4v) is 3.16. The molecule has 2 aromatic heterocycles. The molecule has 5 heteroatoms. The van der Waals surface area contributed by atoms with Crippen molar-refractivity contribution in [2.75, 3.05) is 13.1 Å². The molecule has 0 bridgehead atoms. The van der Waals surface area contributed by atoms with Crippen molar-refractivity contribution < 1.29 is 0 Å². The molecule has 0 aliphatic rings. The number of nitrogens with one attached hydrogen (secondary N) is 1. The van der Waals surface area contributed by atoms with Crippen LogP contribution in [0.1, 0.15) is 16.3 Å². The van der Waals surface area contributed by atoms with Crippen molar-refractivity contribution in [3.63, 3.8) is 0 Å². The molecule has 2 heterocycles. The zero-order chi connectivity index (χ0) is 14.0. The molecule has 19 heavy (non-hydrogen) atoms. The van der Waals surface area contributed by atoms with Crippen LogP contribution in [0.25, 0.3) is 15.8 Å². The van der Waals surface area contributed by atoms with Gasteiger partial charge in [-0.3, -0.25) is 0 Å². The largest absolute Gasteiger partial charge is 0.309 e. The summed E-state index contributed by atoms with van der Waals surface area (Å²) in [5.74, 6) is 0.607. The second kappa shape index (κ2) is 5.82. The van der Waals surface area contributed by atoms with E-state index in [9.17, 15) is 0 Å². The van der Waals surface area contributed by atoms with Crippen molar-refractivity contribution in [3.05, 3.63) is 40.7 Å². The number of rotatable bonds is 5. The van der Waals surface area contributed by atoms with E-state index in [-0.39, 0.29) is 0 Å². The highest BCUT2D eigenvalue weighted by atomic mass is 35.5. The predicted molar refractivity (Wildman–Crippen MR) is 84.0 cm³/mol. The van der Waals surface area contributed by atoms with Crippen LogP contribution in [0.3, 0.4) is 0 Å². The van der Waals surface area contributed by atoms with E-state index >= 15 is 0 Å². The van der Waals surface area contributed by atoms with Crippen molar-refractivity contribution in [3.8, 4) is 0 Å². The van der Waals surface area contributed by atoms with Crippen LogP contribution in [0.15, 0.2) is 19.2 Å².